The van der Waals surface area contributed by atoms with Gasteiger partial charge in [0.2, 0.25) is 5.43 Å². The van der Waals surface area contributed by atoms with Crippen molar-refractivity contribution in [2.24, 2.45) is 0 Å². The Hall–Kier alpha value is -4.05. The zero-order chi connectivity index (χ0) is 21.4. The molecular weight excluding hydrogens is 389 g/mol. The fourth-order valence-electron chi connectivity index (χ4n) is 3.99. The summed E-state index contributed by atoms with van der Waals surface area (Å²) in [4.78, 5) is 26.8. The molecule has 3 nitrogen and oxygen atoms in total. The van der Waals surface area contributed by atoms with Gasteiger partial charge in [-0.25, -0.2) is 4.39 Å². The van der Waals surface area contributed by atoms with Gasteiger partial charge < -0.3 is 4.57 Å². The van der Waals surface area contributed by atoms with E-state index in [1.807, 2.05) is 53.1 Å². The minimum atomic E-state index is -0.305. The average molecular weight is 407 g/mol. The fourth-order valence-corrected chi connectivity index (χ4v) is 3.99. The SMILES string of the molecule is O=C(c1cn(Cc2ccc(F)cc2)c2ccccc2c1=O)c1cccc2ccccc12. The van der Waals surface area contributed by atoms with E-state index in [-0.39, 0.29) is 22.6 Å². The number of benzene rings is 4. The molecule has 4 aromatic carbocycles. The van der Waals surface area contributed by atoms with Gasteiger partial charge in [0.05, 0.1) is 11.1 Å². The second-order valence-corrected chi connectivity index (χ2v) is 7.50. The molecule has 0 atom stereocenters. The number of carbonyl (C=O) groups excluding carboxylic acids is 1. The highest BCUT2D eigenvalue weighted by molar-refractivity contribution is 6.17. The number of fused-ring (bicyclic) bond motifs is 2. The van der Waals surface area contributed by atoms with E-state index in [1.54, 1.807) is 36.5 Å². The van der Waals surface area contributed by atoms with Crippen LogP contribution in [0, 0.1) is 5.82 Å². The third kappa shape index (κ3) is 3.42. The molecule has 0 spiro atoms. The number of aromatic nitrogens is 1. The normalized spacial score (nSPS) is 11.1. The van der Waals surface area contributed by atoms with E-state index < -0.39 is 0 Å². The molecule has 0 amide bonds. The second kappa shape index (κ2) is 7.65. The van der Waals surface area contributed by atoms with Crippen LogP contribution in [-0.4, -0.2) is 10.4 Å². The Bertz CT molecular complexity index is 1490. The van der Waals surface area contributed by atoms with Crippen LogP contribution in [0.4, 0.5) is 4.39 Å². The summed E-state index contributed by atoms with van der Waals surface area (Å²) >= 11 is 0. The van der Waals surface area contributed by atoms with Crippen LogP contribution in [0.2, 0.25) is 0 Å². The zero-order valence-corrected chi connectivity index (χ0v) is 16.6. The summed E-state index contributed by atoms with van der Waals surface area (Å²) in [6, 6.07) is 26.6. The molecule has 4 heteroatoms. The molecule has 150 valence electrons. The van der Waals surface area contributed by atoms with E-state index in [0.29, 0.717) is 17.5 Å². The Morgan fingerprint density at radius 2 is 1.42 bits per heavy atom. The van der Waals surface area contributed by atoms with Gasteiger partial charge in [-0.2, -0.15) is 0 Å². The molecule has 0 fully saturated rings. The average Bonchev–Trinajstić information content (AvgIpc) is 2.81. The zero-order valence-electron chi connectivity index (χ0n) is 16.6. The first-order chi connectivity index (χ1) is 15.1. The predicted molar refractivity (Wildman–Crippen MR) is 121 cm³/mol. The highest BCUT2D eigenvalue weighted by Crippen LogP contribution is 2.22. The number of pyridine rings is 1. The fraction of sp³-hybridized carbons (Fsp3) is 0.0370. The van der Waals surface area contributed by atoms with Crippen LogP contribution in [0.3, 0.4) is 0 Å². The monoisotopic (exact) mass is 407 g/mol. The van der Waals surface area contributed by atoms with Gasteiger partial charge in [0.1, 0.15) is 5.82 Å². The van der Waals surface area contributed by atoms with Crippen molar-refractivity contribution in [3.8, 4) is 0 Å². The second-order valence-electron chi connectivity index (χ2n) is 7.50. The lowest BCUT2D eigenvalue weighted by Gasteiger charge is -2.14. The molecule has 0 aliphatic heterocycles. The first-order valence-corrected chi connectivity index (χ1v) is 10.0. The van der Waals surface area contributed by atoms with Crippen LogP contribution in [0.5, 0.6) is 0 Å². The van der Waals surface area contributed by atoms with Crippen LogP contribution in [0.1, 0.15) is 21.5 Å². The summed E-state index contributed by atoms with van der Waals surface area (Å²) in [7, 11) is 0. The van der Waals surface area contributed by atoms with Gasteiger partial charge in [-0.15, -0.1) is 0 Å². The maximum absolute atomic E-state index is 13.5. The van der Waals surface area contributed by atoms with Crippen molar-refractivity contribution >= 4 is 27.5 Å². The highest BCUT2D eigenvalue weighted by atomic mass is 19.1. The van der Waals surface area contributed by atoms with Crippen LogP contribution in [0.15, 0.2) is 102 Å². The number of nitrogens with zero attached hydrogens (tertiary/aromatic N) is 1. The third-order valence-corrected chi connectivity index (χ3v) is 5.53. The van der Waals surface area contributed by atoms with Crippen molar-refractivity contribution in [1.29, 1.82) is 0 Å². The maximum Gasteiger partial charge on any atom is 0.200 e. The van der Waals surface area contributed by atoms with Crippen LogP contribution in [-0.2, 0) is 6.54 Å². The minimum Gasteiger partial charge on any atom is -0.342 e. The molecule has 5 rings (SSSR count). The Balaban J connectivity index is 1.70. The molecule has 31 heavy (non-hydrogen) atoms. The molecule has 0 saturated carbocycles. The van der Waals surface area contributed by atoms with Crippen LogP contribution < -0.4 is 5.43 Å². The summed E-state index contributed by atoms with van der Waals surface area (Å²) in [5.41, 5.74) is 1.94. The van der Waals surface area contributed by atoms with Gasteiger partial charge in [0, 0.05) is 23.7 Å². The number of halogens is 1. The number of ketones is 1. The van der Waals surface area contributed by atoms with E-state index in [4.69, 9.17) is 0 Å². The quantitative estimate of drug-likeness (QED) is 0.365. The van der Waals surface area contributed by atoms with Crippen molar-refractivity contribution in [3.05, 3.63) is 130 Å². The van der Waals surface area contributed by atoms with Gasteiger partial charge in [-0.05, 0) is 40.6 Å². The Kier molecular flexibility index (Phi) is 4.68. The first kappa shape index (κ1) is 18.9. The summed E-state index contributed by atoms with van der Waals surface area (Å²) in [5.74, 6) is -0.610. The van der Waals surface area contributed by atoms with Crippen molar-refractivity contribution in [2.45, 2.75) is 6.54 Å². The molecule has 0 N–H and O–H groups in total. The predicted octanol–water partition coefficient (Wildman–Crippen LogP) is 5.57. The van der Waals surface area contributed by atoms with Gasteiger partial charge in [0.15, 0.2) is 5.78 Å². The van der Waals surface area contributed by atoms with E-state index in [9.17, 15) is 14.0 Å². The van der Waals surface area contributed by atoms with Crippen molar-refractivity contribution in [1.82, 2.24) is 4.57 Å². The Morgan fingerprint density at radius 1 is 0.742 bits per heavy atom. The molecule has 0 aliphatic rings. The molecular formula is C27H18FNO2. The number of para-hydroxylation sites is 1. The van der Waals surface area contributed by atoms with Crippen LogP contribution >= 0.6 is 0 Å². The van der Waals surface area contributed by atoms with Gasteiger partial charge in [-0.1, -0.05) is 66.7 Å². The van der Waals surface area contributed by atoms with Crippen molar-refractivity contribution in [3.63, 3.8) is 0 Å². The summed E-state index contributed by atoms with van der Waals surface area (Å²) < 4.78 is 15.2. The Morgan fingerprint density at radius 3 is 2.23 bits per heavy atom. The maximum atomic E-state index is 13.5. The van der Waals surface area contributed by atoms with Crippen molar-refractivity contribution in [2.75, 3.05) is 0 Å². The lowest BCUT2D eigenvalue weighted by molar-refractivity contribution is 0.103. The van der Waals surface area contributed by atoms with Crippen LogP contribution in [0.25, 0.3) is 21.7 Å². The number of hydrogen-bond donors (Lipinski definition) is 0. The van der Waals surface area contributed by atoms with E-state index in [2.05, 4.69) is 0 Å². The molecule has 0 saturated heterocycles. The molecule has 0 bridgehead atoms. The van der Waals surface area contributed by atoms with E-state index in [0.717, 1.165) is 21.9 Å². The lowest BCUT2D eigenvalue weighted by atomic mass is 9.97. The molecule has 0 radical (unpaired) electrons. The van der Waals surface area contributed by atoms with Gasteiger partial charge in [0.25, 0.3) is 0 Å². The van der Waals surface area contributed by atoms with Crippen molar-refractivity contribution < 1.29 is 9.18 Å². The molecule has 0 aliphatic carbocycles. The molecule has 5 aromatic rings. The number of carbonyl (C=O) groups is 1. The standard InChI is InChI=1S/C27H18FNO2/c28-20-14-12-18(13-15-20)16-29-17-24(27(31)23-9-3-4-11-25(23)29)26(30)22-10-5-7-19-6-1-2-8-21(19)22/h1-15,17H,16H2. The molecule has 0 unspecified atom stereocenters. The first-order valence-electron chi connectivity index (χ1n) is 10.0. The molecule has 1 aromatic heterocycles. The van der Waals surface area contributed by atoms with Gasteiger partial charge in [-0.3, -0.25) is 9.59 Å². The van der Waals surface area contributed by atoms with Gasteiger partial charge >= 0.3 is 0 Å². The largest absolute Gasteiger partial charge is 0.342 e. The smallest absolute Gasteiger partial charge is 0.200 e. The third-order valence-electron chi connectivity index (χ3n) is 5.53. The minimum absolute atomic E-state index is 0.122. The summed E-state index contributed by atoms with van der Waals surface area (Å²) in [6.07, 6.45) is 1.62. The number of rotatable bonds is 4. The van der Waals surface area contributed by atoms with E-state index in [1.165, 1.54) is 12.1 Å². The highest BCUT2D eigenvalue weighted by Gasteiger charge is 2.19. The topological polar surface area (TPSA) is 39.1 Å². The Labute approximate surface area is 178 Å². The number of hydrogen-bond acceptors (Lipinski definition) is 2. The summed E-state index contributed by atoms with van der Waals surface area (Å²) in [5, 5.41) is 2.24. The van der Waals surface area contributed by atoms with E-state index >= 15 is 0 Å². The summed E-state index contributed by atoms with van der Waals surface area (Å²) in [6.45, 7) is 0.414. The molecule has 1 heterocycles. The lowest BCUT2D eigenvalue weighted by Crippen LogP contribution is -2.20.